The van der Waals surface area contributed by atoms with E-state index in [0.717, 1.165) is 0 Å². The summed E-state index contributed by atoms with van der Waals surface area (Å²) in [5.41, 5.74) is 0. The van der Waals surface area contributed by atoms with Gasteiger partial charge in [-0.3, -0.25) is 0 Å². The average molecular weight is 209 g/mol. The van der Waals surface area contributed by atoms with Gasteiger partial charge in [0.1, 0.15) is 16.5 Å². The summed E-state index contributed by atoms with van der Waals surface area (Å²) in [6.45, 7) is 14.1. The molecule has 10 heavy (non-hydrogen) atoms. The van der Waals surface area contributed by atoms with Crippen LogP contribution in [-0.2, 0) is 21.7 Å². The first-order valence-electron chi connectivity index (χ1n) is 3.50. The summed E-state index contributed by atoms with van der Waals surface area (Å²) in [6, 6.07) is 0. The minimum absolute atomic E-state index is 0. The van der Waals surface area contributed by atoms with Crippen LogP contribution in [0.5, 0.6) is 0 Å². The van der Waals surface area contributed by atoms with Crippen LogP contribution in [0.15, 0.2) is 0 Å². The van der Waals surface area contributed by atoms with Gasteiger partial charge in [0.25, 0.3) is 0 Å². The van der Waals surface area contributed by atoms with Crippen molar-refractivity contribution >= 4 is 16.5 Å². The van der Waals surface area contributed by atoms with Crippen LogP contribution in [0.2, 0.25) is 39.3 Å². The molecule has 0 aromatic carbocycles. The first-order valence-corrected chi connectivity index (χ1v) is 10.5. The Bertz CT molecular complexity index is 80.9. The van der Waals surface area contributed by atoms with Crippen molar-refractivity contribution < 1.29 is 21.7 Å². The first-order chi connectivity index (χ1) is 3.71. The summed E-state index contributed by atoms with van der Waals surface area (Å²) in [4.78, 5) is 0. The van der Waals surface area contributed by atoms with Crippen molar-refractivity contribution in [2.45, 2.75) is 39.3 Å². The Balaban J connectivity index is 0. The van der Waals surface area contributed by atoms with E-state index < -0.39 is 16.5 Å². The summed E-state index contributed by atoms with van der Waals surface area (Å²) in [6.07, 6.45) is 0. The third-order valence-electron chi connectivity index (χ3n) is 0.750. The van der Waals surface area contributed by atoms with Gasteiger partial charge in [0, 0.05) is 21.7 Å². The van der Waals surface area contributed by atoms with Crippen molar-refractivity contribution in [1.82, 2.24) is 4.65 Å². The molecule has 0 atom stereocenters. The van der Waals surface area contributed by atoms with Crippen LogP contribution in [-0.4, -0.2) is 16.5 Å². The molecule has 0 amide bonds. The summed E-state index contributed by atoms with van der Waals surface area (Å²) >= 11 is 0. The second-order valence-electron chi connectivity index (χ2n) is 4.62. The van der Waals surface area contributed by atoms with Gasteiger partial charge in [-0.05, 0) is 0 Å². The van der Waals surface area contributed by atoms with E-state index >= 15 is 0 Å². The van der Waals surface area contributed by atoms with Crippen molar-refractivity contribution in [3.8, 4) is 0 Å². The molecule has 0 aliphatic carbocycles. The van der Waals surface area contributed by atoms with Crippen LogP contribution in [0, 0.1) is 0 Å². The van der Waals surface area contributed by atoms with Crippen LogP contribution in [0.25, 0.3) is 0 Å². The molecule has 60 valence electrons. The van der Waals surface area contributed by atoms with E-state index in [1.807, 2.05) is 0 Å². The molecule has 0 saturated carbocycles. The van der Waals surface area contributed by atoms with Crippen LogP contribution in [0.3, 0.4) is 0 Å². The van der Waals surface area contributed by atoms with Gasteiger partial charge in [-0.15, -0.1) is 0 Å². The average Bonchev–Trinajstić information content (AvgIpc) is 1.14. The molecule has 0 aliphatic rings. The van der Waals surface area contributed by atoms with E-state index in [1.165, 1.54) is 0 Å². The largest absolute Gasteiger partial charge is 0.360 e. The van der Waals surface area contributed by atoms with E-state index in [4.69, 9.17) is 0 Å². The Labute approximate surface area is 82.0 Å². The van der Waals surface area contributed by atoms with Gasteiger partial charge in [0.15, 0.2) is 0 Å². The van der Waals surface area contributed by atoms with E-state index in [1.54, 1.807) is 0 Å². The Morgan fingerprint density at radius 2 is 0.900 bits per heavy atom. The summed E-state index contributed by atoms with van der Waals surface area (Å²) in [5, 5.41) is 0. The Kier molecular flexibility index (Phi) is 5.76. The predicted octanol–water partition coefficient (Wildman–Crippen LogP) is 2.24. The normalized spacial score (nSPS) is 12.6. The topological polar surface area (TPSA) is 12.0 Å². The molecule has 1 N–H and O–H groups in total. The maximum atomic E-state index is 3.74. The predicted molar refractivity (Wildman–Crippen MR) is 49.8 cm³/mol. The molecular weight excluding hydrogens is 190 g/mol. The van der Waals surface area contributed by atoms with Crippen molar-refractivity contribution in [1.29, 1.82) is 0 Å². The Morgan fingerprint density at radius 3 is 0.900 bits per heavy atom. The fourth-order valence-electron chi connectivity index (χ4n) is 1.12. The molecule has 0 aromatic heterocycles. The van der Waals surface area contributed by atoms with Crippen molar-refractivity contribution in [3.05, 3.63) is 0 Å². The van der Waals surface area contributed by atoms with Gasteiger partial charge < -0.3 is 4.65 Å². The van der Waals surface area contributed by atoms with Crippen LogP contribution >= 0.6 is 0 Å². The summed E-state index contributed by atoms with van der Waals surface area (Å²) < 4.78 is 3.74. The van der Waals surface area contributed by atoms with Gasteiger partial charge in [-0.2, -0.15) is 0 Å². The fourth-order valence-corrected chi connectivity index (χ4v) is 10.1. The van der Waals surface area contributed by atoms with Crippen molar-refractivity contribution in [2.75, 3.05) is 0 Å². The quantitative estimate of drug-likeness (QED) is 0.688. The Morgan fingerprint density at radius 1 is 0.700 bits per heavy atom. The van der Waals surface area contributed by atoms with Gasteiger partial charge in [-0.1, -0.05) is 39.3 Å². The second kappa shape index (κ2) is 4.21. The van der Waals surface area contributed by atoms with E-state index in [-0.39, 0.29) is 21.7 Å². The van der Waals surface area contributed by atoms with Gasteiger partial charge in [0.2, 0.25) is 0 Å². The molecule has 4 heteroatoms. The maximum absolute atomic E-state index is 3.74. The molecule has 0 radical (unpaired) electrons. The molecule has 0 fully saturated rings. The van der Waals surface area contributed by atoms with Crippen molar-refractivity contribution in [2.24, 2.45) is 0 Å². The number of hydrogen-bond acceptors (Lipinski definition) is 1. The zero-order valence-electron chi connectivity index (χ0n) is 8.00. The van der Waals surface area contributed by atoms with Crippen molar-refractivity contribution in [3.63, 3.8) is 0 Å². The van der Waals surface area contributed by atoms with Gasteiger partial charge in [0.05, 0.1) is 0 Å². The molecule has 1 nitrogen and oxygen atoms in total. The molecule has 0 spiro atoms. The summed E-state index contributed by atoms with van der Waals surface area (Å²) in [5.74, 6) is 0. The monoisotopic (exact) mass is 209 g/mol. The Hall–Kier alpha value is 1.11. The zero-order valence-corrected chi connectivity index (χ0v) is 11.6. The zero-order chi connectivity index (χ0) is 7.71. The smallest absolute Gasteiger partial charge is 0.109 e. The van der Waals surface area contributed by atoms with Gasteiger partial charge in [-0.25, -0.2) is 0 Å². The molecule has 0 bridgehead atoms. The van der Waals surface area contributed by atoms with E-state index in [9.17, 15) is 0 Å². The minimum Gasteiger partial charge on any atom is -0.360 e. The third kappa shape index (κ3) is 11.9. The van der Waals surface area contributed by atoms with E-state index in [2.05, 4.69) is 43.9 Å². The van der Waals surface area contributed by atoms with Crippen LogP contribution < -0.4 is 4.65 Å². The molecule has 0 saturated heterocycles. The second-order valence-corrected chi connectivity index (χ2v) is 14.6. The number of hydrogen-bond donors (Lipinski definition) is 1. The molecule has 0 rings (SSSR count). The maximum Gasteiger partial charge on any atom is 0.109 e. The third-order valence-corrected chi connectivity index (χ3v) is 6.75. The fraction of sp³-hybridized carbons (Fsp3) is 1.00. The molecule has 0 aliphatic heterocycles. The van der Waals surface area contributed by atoms with Crippen LogP contribution in [0.1, 0.15) is 0 Å². The summed E-state index contributed by atoms with van der Waals surface area (Å²) in [7, 11) is -1.96. The molecule has 0 unspecified atom stereocenters. The van der Waals surface area contributed by atoms with Gasteiger partial charge >= 0.3 is 0 Å². The minimum atomic E-state index is -0.981. The SMILES string of the molecule is C[Si](C)(C)N[Si](C)(C)C.[Ti]. The number of nitrogens with one attached hydrogen (secondary N) is 1. The first kappa shape index (κ1) is 13.7. The standard InChI is InChI=1S/C6H19NSi2.Ti/c1-8(2,3)7-9(4,5)6;/h7H,1-6H3;. The number of rotatable bonds is 2. The van der Waals surface area contributed by atoms with E-state index in [0.29, 0.717) is 0 Å². The molecule has 0 aromatic rings. The molecular formula is C6H19NSi2Ti. The van der Waals surface area contributed by atoms with Crippen LogP contribution in [0.4, 0.5) is 0 Å². The molecule has 0 heterocycles.